The molecule has 0 aliphatic rings. The number of nitrogens with zero attached hydrogens (tertiary/aromatic N) is 1. The Kier molecular flexibility index (Phi) is 5.64. The van der Waals surface area contributed by atoms with Gasteiger partial charge in [-0.25, -0.2) is 4.98 Å². The van der Waals surface area contributed by atoms with Gasteiger partial charge in [0.15, 0.2) is 0 Å². The average Bonchev–Trinajstić information content (AvgIpc) is 2.27. The summed E-state index contributed by atoms with van der Waals surface area (Å²) >= 11 is 0. The van der Waals surface area contributed by atoms with Crippen LogP contribution in [0.1, 0.15) is 26.7 Å². The van der Waals surface area contributed by atoms with Crippen molar-refractivity contribution in [1.82, 2.24) is 4.98 Å². The van der Waals surface area contributed by atoms with Crippen LogP contribution < -0.4 is 10.6 Å². The molecule has 1 unspecified atom stereocenters. The van der Waals surface area contributed by atoms with Crippen LogP contribution in [0.2, 0.25) is 0 Å². The fraction of sp³-hybridized carbons (Fsp3) is 0.583. The first-order valence-electron chi connectivity index (χ1n) is 5.83. The molecule has 0 spiro atoms. The first kappa shape index (κ1) is 12.8. The van der Waals surface area contributed by atoms with Gasteiger partial charge in [-0.3, -0.25) is 0 Å². The predicted octanol–water partition coefficient (Wildman–Crippen LogP) is 2.09. The van der Waals surface area contributed by atoms with Gasteiger partial charge in [-0.1, -0.05) is 0 Å². The fourth-order valence-electron chi connectivity index (χ4n) is 1.55. The maximum atomic E-state index is 8.75. The van der Waals surface area contributed by atoms with Gasteiger partial charge in [-0.05, 0) is 32.8 Å². The van der Waals surface area contributed by atoms with Crippen LogP contribution in [0.4, 0.5) is 11.5 Å². The van der Waals surface area contributed by atoms with Crippen LogP contribution in [0.3, 0.4) is 0 Å². The third-order valence-electron chi connectivity index (χ3n) is 2.33. The number of rotatable bonds is 7. The van der Waals surface area contributed by atoms with Gasteiger partial charge in [-0.2, -0.15) is 0 Å². The molecule has 0 aliphatic carbocycles. The number of anilines is 2. The molecule has 4 nitrogen and oxygen atoms in total. The Balaban J connectivity index is 2.49. The Morgan fingerprint density at radius 3 is 3.00 bits per heavy atom. The molecule has 0 bridgehead atoms. The van der Waals surface area contributed by atoms with Crippen molar-refractivity contribution in [3.05, 3.63) is 18.3 Å². The summed E-state index contributed by atoms with van der Waals surface area (Å²) < 4.78 is 0. The van der Waals surface area contributed by atoms with E-state index < -0.39 is 0 Å². The van der Waals surface area contributed by atoms with Gasteiger partial charge >= 0.3 is 0 Å². The minimum absolute atomic E-state index is 0.255. The Morgan fingerprint density at radius 1 is 1.50 bits per heavy atom. The molecule has 0 saturated carbocycles. The van der Waals surface area contributed by atoms with Gasteiger partial charge in [0, 0.05) is 37.1 Å². The van der Waals surface area contributed by atoms with E-state index in [1.807, 2.05) is 19.1 Å². The predicted molar refractivity (Wildman–Crippen MR) is 67.8 cm³/mol. The first-order valence-corrected chi connectivity index (χ1v) is 5.83. The Bertz CT molecular complexity index is 304. The van der Waals surface area contributed by atoms with Crippen LogP contribution in [0.5, 0.6) is 0 Å². The van der Waals surface area contributed by atoms with Crippen molar-refractivity contribution < 1.29 is 5.11 Å². The second-order valence-corrected chi connectivity index (χ2v) is 3.87. The zero-order valence-corrected chi connectivity index (χ0v) is 10.0. The summed E-state index contributed by atoms with van der Waals surface area (Å²) in [5, 5.41) is 15.3. The molecular weight excluding hydrogens is 202 g/mol. The Morgan fingerprint density at radius 2 is 2.31 bits per heavy atom. The minimum Gasteiger partial charge on any atom is -0.396 e. The van der Waals surface area contributed by atoms with E-state index in [1.165, 1.54) is 0 Å². The SMILES string of the molecule is CCNc1cc(NC(C)CCCO)ccn1. The number of pyridine rings is 1. The summed E-state index contributed by atoms with van der Waals surface area (Å²) in [5.74, 6) is 0.891. The maximum Gasteiger partial charge on any atom is 0.127 e. The van der Waals surface area contributed by atoms with Gasteiger partial charge in [-0.15, -0.1) is 0 Å². The molecule has 1 atom stereocenters. The van der Waals surface area contributed by atoms with Gasteiger partial charge in [0.1, 0.15) is 5.82 Å². The van der Waals surface area contributed by atoms with E-state index in [0.29, 0.717) is 6.04 Å². The third kappa shape index (κ3) is 4.49. The van der Waals surface area contributed by atoms with Crippen LogP contribution in [-0.2, 0) is 0 Å². The van der Waals surface area contributed by atoms with E-state index in [1.54, 1.807) is 6.20 Å². The molecule has 1 heterocycles. The number of nitrogens with one attached hydrogen (secondary N) is 2. The van der Waals surface area contributed by atoms with Crippen molar-refractivity contribution in [2.24, 2.45) is 0 Å². The fourth-order valence-corrected chi connectivity index (χ4v) is 1.55. The summed E-state index contributed by atoms with van der Waals surface area (Å²) in [4.78, 5) is 4.21. The Hall–Kier alpha value is -1.29. The highest BCUT2D eigenvalue weighted by molar-refractivity contribution is 5.52. The molecule has 0 radical (unpaired) electrons. The number of aliphatic hydroxyl groups is 1. The molecule has 1 aromatic heterocycles. The quantitative estimate of drug-likeness (QED) is 0.662. The van der Waals surface area contributed by atoms with Gasteiger partial charge in [0.2, 0.25) is 0 Å². The second kappa shape index (κ2) is 7.06. The van der Waals surface area contributed by atoms with Crippen LogP contribution in [0, 0.1) is 0 Å². The van der Waals surface area contributed by atoms with Gasteiger partial charge in [0.05, 0.1) is 0 Å². The summed E-state index contributed by atoms with van der Waals surface area (Å²) in [6.45, 7) is 5.29. The van der Waals surface area contributed by atoms with Crippen molar-refractivity contribution in [2.45, 2.75) is 32.7 Å². The zero-order chi connectivity index (χ0) is 11.8. The van der Waals surface area contributed by atoms with E-state index in [2.05, 4.69) is 22.5 Å². The molecule has 3 N–H and O–H groups in total. The van der Waals surface area contributed by atoms with E-state index in [4.69, 9.17) is 5.11 Å². The zero-order valence-electron chi connectivity index (χ0n) is 10.0. The monoisotopic (exact) mass is 223 g/mol. The molecule has 4 heteroatoms. The number of aliphatic hydroxyl groups excluding tert-OH is 1. The lowest BCUT2D eigenvalue weighted by Gasteiger charge is -2.15. The van der Waals surface area contributed by atoms with E-state index in [9.17, 15) is 0 Å². The summed E-state index contributed by atoms with van der Waals surface area (Å²) in [6.07, 6.45) is 3.59. The summed E-state index contributed by atoms with van der Waals surface area (Å²) in [7, 11) is 0. The van der Waals surface area contributed by atoms with Gasteiger partial charge in [0.25, 0.3) is 0 Å². The molecule has 1 rings (SSSR count). The largest absolute Gasteiger partial charge is 0.396 e. The summed E-state index contributed by atoms with van der Waals surface area (Å²) in [5.41, 5.74) is 1.07. The normalized spacial score (nSPS) is 12.2. The molecule has 0 aromatic carbocycles. The molecule has 0 fully saturated rings. The average molecular weight is 223 g/mol. The molecule has 0 amide bonds. The van der Waals surface area contributed by atoms with Gasteiger partial charge < -0.3 is 15.7 Å². The smallest absolute Gasteiger partial charge is 0.127 e. The first-order chi connectivity index (χ1) is 7.76. The molecular formula is C12H21N3O. The van der Waals surface area contributed by atoms with Crippen molar-refractivity contribution in [1.29, 1.82) is 0 Å². The van der Waals surface area contributed by atoms with Crippen LogP contribution in [0.15, 0.2) is 18.3 Å². The second-order valence-electron chi connectivity index (χ2n) is 3.87. The highest BCUT2D eigenvalue weighted by Crippen LogP contribution is 2.14. The lowest BCUT2D eigenvalue weighted by molar-refractivity contribution is 0.282. The van der Waals surface area contributed by atoms with E-state index in [-0.39, 0.29) is 6.61 Å². The Labute approximate surface area is 97.1 Å². The highest BCUT2D eigenvalue weighted by atomic mass is 16.2. The molecule has 0 aliphatic heterocycles. The topological polar surface area (TPSA) is 57.2 Å². The van der Waals surface area contributed by atoms with Crippen LogP contribution in [-0.4, -0.2) is 29.3 Å². The molecule has 90 valence electrons. The lowest BCUT2D eigenvalue weighted by atomic mass is 10.2. The van der Waals surface area contributed by atoms with Crippen molar-refractivity contribution >= 4 is 11.5 Å². The van der Waals surface area contributed by atoms with Crippen LogP contribution in [0.25, 0.3) is 0 Å². The molecule has 1 aromatic rings. The van der Waals surface area contributed by atoms with E-state index in [0.717, 1.165) is 30.9 Å². The molecule has 16 heavy (non-hydrogen) atoms. The van der Waals surface area contributed by atoms with E-state index >= 15 is 0 Å². The minimum atomic E-state index is 0.255. The standard InChI is InChI=1S/C12H21N3O/c1-3-13-12-9-11(6-7-14-12)15-10(2)5-4-8-16/h6-7,9-10,16H,3-5,8H2,1-2H3,(H2,13,14,15). The lowest BCUT2D eigenvalue weighted by Crippen LogP contribution is -2.15. The maximum absolute atomic E-state index is 8.75. The van der Waals surface area contributed by atoms with Crippen molar-refractivity contribution in [2.75, 3.05) is 23.8 Å². The number of hydrogen-bond acceptors (Lipinski definition) is 4. The number of hydrogen-bond donors (Lipinski definition) is 3. The van der Waals surface area contributed by atoms with Crippen molar-refractivity contribution in [3.63, 3.8) is 0 Å². The summed E-state index contributed by atoms with van der Waals surface area (Å²) in [6, 6.07) is 4.32. The van der Waals surface area contributed by atoms with Crippen molar-refractivity contribution in [3.8, 4) is 0 Å². The number of aromatic nitrogens is 1. The highest BCUT2D eigenvalue weighted by Gasteiger charge is 2.02. The van der Waals surface area contributed by atoms with Crippen LogP contribution >= 0.6 is 0 Å². The third-order valence-corrected chi connectivity index (χ3v) is 2.33. The molecule has 0 saturated heterocycles.